The second-order valence-corrected chi connectivity index (χ2v) is 9.58. The van der Waals surface area contributed by atoms with Crippen LogP contribution in [0, 0.1) is 5.82 Å². The van der Waals surface area contributed by atoms with Crippen molar-refractivity contribution in [2.75, 3.05) is 31.6 Å². The largest absolute Gasteiger partial charge is 0.495 e. The minimum Gasteiger partial charge on any atom is -0.495 e. The molecule has 0 radical (unpaired) electrons. The molecule has 3 aromatic rings. The molecule has 1 saturated heterocycles. The molecule has 31 heavy (non-hydrogen) atoms. The third-order valence-electron chi connectivity index (χ3n) is 5.78. The van der Waals surface area contributed by atoms with Gasteiger partial charge in [0.05, 0.1) is 17.7 Å². The number of hydrogen-bond acceptors (Lipinski definition) is 4. The fraction of sp³-hybridized carbons (Fsp3) is 0.333. The van der Waals surface area contributed by atoms with Crippen LogP contribution in [0.1, 0.15) is 24.8 Å². The molecule has 3 aromatic carbocycles. The average Bonchev–Trinajstić information content (AvgIpc) is 2.79. The Morgan fingerprint density at radius 3 is 2.61 bits per heavy atom. The van der Waals surface area contributed by atoms with E-state index >= 15 is 0 Å². The number of hydrogen-bond donors (Lipinski definition) is 1. The standard InChI is InChI=1S/C24H27FN2O3S/c1-30-24-11-10-21(17-23(24)27-14-3-2-4-15-27)31(28,29)26-13-12-19-7-5-6-18-8-9-20(25)16-22(18)19/h5-11,16-17,26H,2-4,12-15H2,1H3. The van der Waals surface area contributed by atoms with Gasteiger partial charge in [-0.25, -0.2) is 17.5 Å². The molecule has 0 aromatic heterocycles. The van der Waals surface area contributed by atoms with Gasteiger partial charge in [0.1, 0.15) is 11.6 Å². The van der Waals surface area contributed by atoms with Gasteiger partial charge >= 0.3 is 0 Å². The Hall–Kier alpha value is -2.64. The van der Waals surface area contributed by atoms with E-state index in [1.807, 2.05) is 18.2 Å². The molecule has 0 aliphatic carbocycles. The zero-order chi connectivity index (χ0) is 21.8. The van der Waals surface area contributed by atoms with Crippen molar-refractivity contribution in [2.45, 2.75) is 30.6 Å². The average molecular weight is 443 g/mol. The molecule has 1 N–H and O–H groups in total. The zero-order valence-corrected chi connectivity index (χ0v) is 18.4. The van der Waals surface area contributed by atoms with Crippen LogP contribution in [0.4, 0.5) is 10.1 Å². The number of nitrogens with one attached hydrogen (secondary N) is 1. The van der Waals surface area contributed by atoms with Gasteiger partial charge in [0, 0.05) is 19.6 Å². The first kappa shape index (κ1) is 21.6. The molecule has 0 atom stereocenters. The monoisotopic (exact) mass is 442 g/mol. The first-order valence-corrected chi connectivity index (χ1v) is 12.1. The zero-order valence-electron chi connectivity index (χ0n) is 17.6. The second-order valence-electron chi connectivity index (χ2n) is 7.81. The smallest absolute Gasteiger partial charge is 0.240 e. The highest BCUT2D eigenvalue weighted by Gasteiger charge is 2.20. The van der Waals surface area contributed by atoms with E-state index in [-0.39, 0.29) is 17.3 Å². The Morgan fingerprint density at radius 1 is 1.03 bits per heavy atom. The predicted octanol–water partition coefficient (Wildman–Crippen LogP) is 4.50. The summed E-state index contributed by atoms with van der Waals surface area (Å²) in [6.45, 7) is 2.01. The molecule has 1 heterocycles. The van der Waals surface area contributed by atoms with Crippen molar-refractivity contribution in [3.8, 4) is 5.75 Å². The van der Waals surface area contributed by atoms with Crippen LogP contribution in [0.2, 0.25) is 0 Å². The SMILES string of the molecule is COc1ccc(S(=O)(=O)NCCc2cccc3ccc(F)cc23)cc1N1CCCCC1. The van der Waals surface area contributed by atoms with Crippen molar-refractivity contribution in [3.63, 3.8) is 0 Å². The fourth-order valence-electron chi connectivity index (χ4n) is 4.15. The summed E-state index contributed by atoms with van der Waals surface area (Å²) >= 11 is 0. The number of sulfonamides is 1. The summed E-state index contributed by atoms with van der Waals surface area (Å²) in [7, 11) is -2.08. The molecule has 0 amide bonds. The molecule has 5 nitrogen and oxygen atoms in total. The lowest BCUT2D eigenvalue weighted by Crippen LogP contribution is -2.30. The summed E-state index contributed by atoms with van der Waals surface area (Å²) in [4.78, 5) is 2.41. The quantitative estimate of drug-likeness (QED) is 0.585. The van der Waals surface area contributed by atoms with Crippen LogP contribution >= 0.6 is 0 Å². The third-order valence-corrected chi connectivity index (χ3v) is 7.24. The first-order valence-electron chi connectivity index (χ1n) is 10.6. The number of benzene rings is 3. The second kappa shape index (κ2) is 9.24. The number of anilines is 1. The first-order chi connectivity index (χ1) is 15.0. The lowest BCUT2D eigenvalue weighted by Gasteiger charge is -2.30. The molecule has 1 aliphatic heterocycles. The van der Waals surface area contributed by atoms with Gasteiger partial charge < -0.3 is 9.64 Å². The highest BCUT2D eigenvalue weighted by molar-refractivity contribution is 7.89. The molecule has 1 aliphatic rings. The Morgan fingerprint density at radius 2 is 1.84 bits per heavy atom. The summed E-state index contributed by atoms with van der Waals surface area (Å²) in [5, 5.41) is 1.74. The van der Waals surface area contributed by atoms with Crippen LogP contribution in [0.15, 0.2) is 59.5 Å². The summed E-state index contributed by atoms with van der Waals surface area (Å²) in [5.74, 6) is 0.377. The Balaban J connectivity index is 1.51. The van der Waals surface area contributed by atoms with Crippen molar-refractivity contribution >= 4 is 26.5 Å². The predicted molar refractivity (Wildman–Crippen MR) is 122 cm³/mol. The normalized spacial score (nSPS) is 14.7. The highest BCUT2D eigenvalue weighted by Crippen LogP contribution is 2.32. The van der Waals surface area contributed by atoms with Crippen LogP contribution in [0.25, 0.3) is 10.8 Å². The van der Waals surface area contributed by atoms with Crippen molar-refractivity contribution in [1.29, 1.82) is 0 Å². The van der Waals surface area contributed by atoms with E-state index in [1.165, 1.54) is 18.6 Å². The topological polar surface area (TPSA) is 58.6 Å². The molecule has 4 rings (SSSR count). The highest BCUT2D eigenvalue weighted by atomic mass is 32.2. The molecule has 0 unspecified atom stereocenters. The number of halogens is 1. The van der Waals surface area contributed by atoms with E-state index in [1.54, 1.807) is 31.4 Å². The van der Waals surface area contributed by atoms with E-state index in [4.69, 9.17) is 4.74 Å². The van der Waals surface area contributed by atoms with Gasteiger partial charge in [-0.1, -0.05) is 24.3 Å². The van der Waals surface area contributed by atoms with Gasteiger partial charge in [-0.3, -0.25) is 0 Å². The van der Waals surface area contributed by atoms with E-state index in [0.717, 1.165) is 48.0 Å². The lowest BCUT2D eigenvalue weighted by molar-refractivity contribution is 0.412. The van der Waals surface area contributed by atoms with Crippen molar-refractivity contribution < 1.29 is 17.5 Å². The number of nitrogens with zero attached hydrogens (tertiary/aromatic N) is 1. The molecule has 164 valence electrons. The maximum atomic E-state index is 13.7. The maximum absolute atomic E-state index is 13.7. The third kappa shape index (κ3) is 4.83. The number of piperidine rings is 1. The van der Waals surface area contributed by atoms with Crippen LogP contribution in [-0.2, 0) is 16.4 Å². The molecule has 0 saturated carbocycles. The number of fused-ring (bicyclic) bond motifs is 1. The van der Waals surface area contributed by atoms with Gasteiger partial charge in [0.15, 0.2) is 0 Å². The van der Waals surface area contributed by atoms with Crippen molar-refractivity contribution in [3.05, 3.63) is 66.0 Å². The molecule has 0 bridgehead atoms. The van der Waals surface area contributed by atoms with Crippen LogP contribution in [-0.4, -0.2) is 35.2 Å². The van der Waals surface area contributed by atoms with Crippen LogP contribution in [0.5, 0.6) is 5.75 Å². The Kier molecular flexibility index (Phi) is 6.43. The van der Waals surface area contributed by atoms with E-state index in [9.17, 15) is 12.8 Å². The van der Waals surface area contributed by atoms with Gasteiger partial charge in [0.2, 0.25) is 10.0 Å². The van der Waals surface area contributed by atoms with Gasteiger partial charge in [-0.2, -0.15) is 0 Å². The number of rotatable bonds is 7. The van der Waals surface area contributed by atoms with Crippen LogP contribution < -0.4 is 14.4 Å². The minimum atomic E-state index is -3.68. The van der Waals surface area contributed by atoms with E-state index in [2.05, 4.69) is 9.62 Å². The van der Waals surface area contributed by atoms with Crippen molar-refractivity contribution in [1.82, 2.24) is 4.72 Å². The Bertz CT molecular complexity index is 1170. The van der Waals surface area contributed by atoms with E-state index in [0.29, 0.717) is 12.2 Å². The summed E-state index contributed by atoms with van der Waals surface area (Å²) in [6.07, 6.45) is 3.83. The molecular weight excluding hydrogens is 415 g/mol. The summed E-state index contributed by atoms with van der Waals surface area (Å²) in [5.41, 5.74) is 1.72. The lowest BCUT2D eigenvalue weighted by atomic mass is 10.0. The minimum absolute atomic E-state index is 0.220. The van der Waals surface area contributed by atoms with Crippen LogP contribution in [0.3, 0.4) is 0 Å². The van der Waals surface area contributed by atoms with Gasteiger partial charge in [-0.05, 0) is 72.4 Å². The molecular formula is C24H27FN2O3S. The van der Waals surface area contributed by atoms with Gasteiger partial charge in [0.25, 0.3) is 0 Å². The molecule has 0 spiro atoms. The summed E-state index contributed by atoms with van der Waals surface area (Å²) < 4.78 is 47.7. The maximum Gasteiger partial charge on any atom is 0.240 e. The van der Waals surface area contributed by atoms with Crippen molar-refractivity contribution in [2.24, 2.45) is 0 Å². The molecule has 7 heteroatoms. The number of ether oxygens (including phenoxy) is 1. The summed E-state index contributed by atoms with van der Waals surface area (Å²) in [6, 6.07) is 15.4. The fourth-order valence-corrected chi connectivity index (χ4v) is 5.20. The molecule has 1 fully saturated rings. The number of methoxy groups -OCH3 is 1. The Labute approximate surface area is 182 Å². The van der Waals surface area contributed by atoms with E-state index < -0.39 is 10.0 Å². The van der Waals surface area contributed by atoms with Gasteiger partial charge in [-0.15, -0.1) is 0 Å².